The zero-order valence-corrected chi connectivity index (χ0v) is 19.3. The highest BCUT2D eigenvalue weighted by molar-refractivity contribution is 7.91. The summed E-state index contributed by atoms with van der Waals surface area (Å²) in [5.74, 6) is 0.323. The summed E-state index contributed by atoms with van der Waals surface area (Å²) in [5, 5.41) is 12.5. The van der Waals surface area contributed by atoms with Crippen LogP contribution in [0.3, 0.4) is 0 Å². The van der Waals surface area contributed by atoms with Crippen molar-refractivity contribution in [1.29, 1.82) is 0 Å². The van der Waals surface area contributed by atoms with Gasteiger partial charge in [-0.05, 0) is 22.3 Å². The van der Waals surface area contributed by atoms with Crippen LogP contribution >= 0.6 is 0 Å². The van der Waals surface area contributed by atoms with Gasteiger partial charge in [0.2, 0.25) is 11.2 Å². The number of benzene rings is 2. The number of hydrogen-bond donors (Lipinski definition) is 2. The fourth-order valence-electron chi connectivity index (χ4n) is 4.18. The molecule has 0 saturated carbocycles. The van der Waals surface area contributed by atoms with Crippen LogP contribution in [0.1, 0.15) is 19.4 Å². The number of fused-ring (bicyclic) bond motifs is 2. The van der Waals surface area contributed by atoms with E-state index in [2.05, 4.69) is 0 Å². The third-order valence-electron chi connectivity index (χ3n) is 5.61. The minimum absolute atomic E-state index is 0.126. The van der Waals surface area contributed by atoms with Crippen molar-refractivity contribution in [2.75, 3.05) is 12.4 Å². The third-order valence-corrected chi connectivity index (χ3v) is 7.07. The Hall–Kier alpha value is -2.81. The Bertz CT molecular complexity index is 1400. The lowest BCUT2D eigenvalue weighted by molar-refractivity contribution is 0.319. The van der Waals surface area contributed by atoms with E-state index in [0.29, 0.717) is 29.0 Å². The van der Waals surface area contributed by atoms with Gasteiger partial charge in [0.15, 0.2) is 5.75 Å². The van der Waals surface area contributed by atoms with Crippen molar-refractivity contribution >= 4 is 32.9 Å². The Morgan fingerprint density at radius 3 is 2.50 bits per heavy atom. The summed E-state index contributed by atoms with van der Waals surface area (Å²) in [4.78, 5) is 26.1. The molecule has 0 bridgehead atoms. The molecule has 1 unspecified atom stereocenters. The van der Waals surface area contributed by atoms with Gasteiger partial charge in [-0.2, -0.15) is 4.55 Å². The van der Waals surface area contributed by atoms with Gasteiger partial charge >= 0.3 is 5.69 Å². The largest absolute Gasteiger partial charge is 0.391 e. The second-order valence-corrected chi connectivity index (χ2v) is 9.93. The Labute approximate surface area is 188 Å². The molecule has 0 radical (unpaired) electrons. The fraction of sp³-hybridized carbons (Fsp3) is 0.333. The summed E-state index contributed by atoms with van der Waals surface area (Å²) < 4.78 is 15.5. The van der Waals surface area contributed by atoms with E-state index in [9.17, 15) is 19.2 Å². The van der Waals surface area contributed by atoms with Crippen LogP contribution in [-0.4, -0.2) is 35.7 Å². The highest BCUT2D eigenvalue weighted by atomic mass is 32.2. The van der Waals surface area contributed by atoms with Crippen LogP contribution in [0, 0.1) is 5.92 Å². The fourth-order valence-corrected chi connectivity index (χ4v) is 5.36. The lowest BCUT2D eigenvalue weighted by Gasteiger charge is -2.11. The van der Waals surface area contributed by atoms with Crippen LogP contribution < -0.4 is 11.2 Å². The third kappa shape index (κ3) is 3.90. The van der Waals surface area contributed by atoms with Crippen molar-refractivity contribution in [3.8, 4) is 0 Å². The number of aliphatic hydroxyl groups is 1. The average molecular weight is 455 g/mol. The topological polar surface area (TPSA) is 89.4 Å². The second kappa shape index (κ2) is 8.97. The SMILES string of the molecule is CC(C)Cn1c(=O)n(C)c(=O)c2c([S+](O)CCO)n(Cc3cccc4ccccc34)cc21. The van der Waals surface area contributed by atoms with E-state index < -0.39 is 16.7 Å². The molecule has 2 heterocycles. The molecule has 2 aromatic heterocycles. The summed E-state index contributed by atoms with van der Waals surface area (Å²) in [6.07, 6.45) is 1.80. The Balaban J connectivity index is 2.01. The van der Waals surface area contributed by atoms with E-state index in [-0.39, 0.29) is 24.0 Å². The molecule has 2 aromatic carbocycles. The van der Waals surface area contributed by atoms with E-state index in [1.54, 1.807) is 10.8 Å². The summed E-state index contributed by atoms with van der Waals surface area (Å²) in [5.41, 5.74) is 0.762. The summed E-state index contributed by atoms with van der Waals surface area (Å²) in [6.45, 7) is 4.71. The Kier molecular flexibility index (Phi) is 6.28. The normalized spacial score (nSPS) is 12.8. The molecule has 0 aliphatic carbocycles. The molecule has 0 amide bonds. The molecule has 0 fully saturated rings. The molecule has 8 heteroatoms. The van der Waals surface area contributed by atoms with Crippen molar-refractivity contribution < 1.29 is 9.66 Å². The maximum Gasteiger partial charge on any atom is 0.331 e. The predicted molar refractivity (Wildman–Crippen MR) is 130 cm³/mol. The van der Waals surface area contributed by atoms with Gasteiger partial charge < -0.3 is 5.11 Å². The zero-order valence-electron chi connectivity index (χ0n) is 18.5. The highest BCUT2D eigenvalue weighted by Crippen LogP contribution is 2.27. The molecule has 1 atom stereocenters. The summed E-state index contributed by atoms with van der Waals surface area (Å²) in [6, 6.07) is 14.1. The maximum absolute atomic E-state index is 13.2. The smallest absolute Gasteiger partial charge is 0.331 e. The molecular formula is C24H28N3O4S+. The van der Waals surface area contributed by atoms with Gasteiger partial charge in [0, 0.05) is 19.8 Å². The minimum atomic E-state index is -1.36. The molecule has 32 heavy (non-hydrogen) atoms. The van der Waals surface area contributed by atoms with Crippen LogP contribution in [0.5, 0.6) is 0 Å². The number of aliphatic hydroxyl groups excluding tert-OH is 1. The van der Waals surface area contributed by atoms with Crippen molar-refractivity contribution in [1.82, 2.24) is 13.7 Å². The molecule has 2 N–H and O–H groups in total. The molecule has 4 rings (SSSR count). The van der Waals surface area contributed by atoms with Crippen molar-refractivity contribution in [3.63, 3.8) is 0 Å². The average Bonchev–Trinajstić information content (AvgIpc) is 3.14. The number of nitrogens with zero attached hydrogens (tertiary/aromatic N) is 3. The number of rotatable bonds is 7. The van der Waals surface area contributed by atoms with Crippen molar-refractivity contribution in [3.05, 3.63) is 75.1 Å². The van der Waals surface area contributed by atoms with Crippen LogP contribution in [-0.2, 0) is 31.3 Å². The van der Waals surface area contributed by atoms with Gasteiger partial charge in [0.25, 0.3) is 10.6 Å². The molecule has 0 saturated heterocycles. The van der Waals surface area contributed by atoms with Crippen LogP contribution in [0.2, 0.25) is 0 Å². The predicted octanol–water partition coefficient (Wildman–Crippen LogP) is 2.80. The van der Waals surface area contributed by atoms with Gasteiger partial charge in [-0.3, -0.25) is 18.5 Å². The van der Waals surface area contributed by atoms with E-state index in [4.69, 9.17) is 0 Å². The van der Waals surface area contributed by atoms with Crippen LogP contribution in [0.15, 0.2) is 63.3 Å². The first-order chi connectivity index (χ1) is 15.3. The van der Waals surface area contributed by atoms with Gasteiger partial charge in [-0.15, -0.1) is 0 Å². The van der Waals surface area contributed by atoms with Gasteiger partial charge in [0.05, 0.1) is 18.7 Å². The van der Waals surface area contributed by atoms with Crippen molar-refractivity contribution in [2.45, 2.75) is 32.0 Å². The first kappa shape index (κ1) is 22.4. The van der Waals surface area contributed by atoms with Crippen LogP contribution in [0.4, 0.5) is 0 Å². The highest BCUT2D eigenvalue weighted by Gasteiger charge is 2.32. The zero-order chi connectivity index (χ0) is 23.0. The second-order valence-electron chi connectivity index (χ2n) is 8.40. The number of aromatic nitrogens is 3. The molecule has 0 aliphatic heterocycles. The first-order valence-electron chi connectivity index (χ1n) is 10.6. The van der Waals surface area contributed by atoms with Crippen molar-refractivity contribution in [2.24, 2.45) is 13.0 Å². The molecule has 0 aliphatic rings. The van der Waals surface area contributed by atoms with E-state index in [1.165, 1.54) is 7.05 Å². The first-order valence-corrected chi connectivity index (χ1v) is 12.0. The van der Waals surface area contributed by atoms with Gasteiger partial charge in [0.1, 0.15) is 5.39 Å². The summed E-state index contributed by atoms with van der Waals surface area (Å²) in [7, 11) is 1.47. The van der Waals surface area contributed by atoms with Crippen LogP contribution in [0.25, 0.3) is 21.7 Å². The van der Waals surface area contributed by atoms with Gasteiger partial charge in [-0.25, -0.2) is 4.79 Å². The molecule has 168 valence electrons. The molecule has 0 spiro atoms. The summed E-state index contributed by atoms with van der Waals surface area (Å²) >= 11 is -1.36. The quantitative estimate of drug-likeness (QED) is 0.420. The Morgan fingerprint density at radius 1 is 1.06 bits per heavy atom. The molecular weight excluding hydrogens is 426 g/mol. The number of hydrogen-bond acceptors (Lipinski definition) is 4. The van der Waals surface area contributed by atoms with E-state index in [0.717, 1.165) is 20.9 Å². The monoisotopic (exact) mass is 454 g/mol. The standard InChI is InChI=1S/C24H28N3O4S/c1-16(2)13-27-20-15-26(14-18-9-6-8-17-7-4-5-10-19(17)18)23(32(31)12-11-28)21(20)22(29)25(3)24(27)30/h4-10,15-16,28,31H,11-14H2,1-3H3/q+1. The lowest BCUT2D eigenvalue weighted by Crippen LogP contribution is -2.39. The van der Waals surface area contributed by atoms with Gasteiger partial charge in [-0.1, -0.05) is 56.3 Å². The lowest BCUT2D eigenvalue weighted by atomic mass is 10.0. The minimum Gasteiger partial charge on any atom is -0.391 e. The molecule has 7 nitrogen and oxygen atoms in total. The van der Waals surface area contributed by atoms with E-state index >= 15 is 0 Å². The van der Waals surface area contributed by atoms with E-state index in [1.807, 2.05) is 60.9 Å². The Morgan fingerprint density at radius 2 is 1.78 bits per heavy atom. The molecule has 4 aromatic rings. The maximum atomic E-state index is 13.2.